The summed E-state index contributed by atoms with van der Waals surface area (Å²) in [6.07, 6.45) is 3.49. The monoisotopic (exact) mass is 116 g/mol. The summed E-state index contributed by atoms with van der Waals surface area (Å²) < 4.78 is 0. The number of rotatable bonds is 0. The van der Waals surface area contributed by atoms with Gasteiger partial charge in [-0.3, -0.25) is 4.99 Å². The van der Waals surface area contributed by atoms with Crippen molar-refractivity contribution < 1.29 is 0 Å². The van der Waals surface area contributed by atoms with Gasteiger partial charge >= 0.3 is 0 Å². The molecule has 0 bridgehead atoms. The Morgan fingerprint density at radius 2 is 2.71 bits per heavy atom. The number of nitrogens with zero attached hydrogens (tertiary/aromatic N) is 1. The summed E-state index contributed by atoms with van der Waals surface area (Å²) >= 11 is 5.44. The molecule has 0 amide bonds. The van der Waals surface area contributed by atoms with Gasteiger partial charge < -0.3 is 5.32 Å². The standard InChI is InChI=1S/C4H5ClN2/c5-4-1-2-6-3-7-4/h1-2,6H,3H2. The van der Waals surface area contributed by atoms with E-state index >= 15 is 0 Å². The Kier molecular flexibility index (Phi) is 1.32. The summed E-state index contributed by atoms with van der Waals surface area (Å²) in [6, 6.07) is 0. The van der Waals surface area contributed by atoms with Gasteiger partial charge in [-0.05, 0) is 6.08 Å². The van der Waals surface area contributed by atoms with E-state index in [1.807, 2.05) is 0 Å². The van der Waals surface area contributed by atoms with Crippen LogP contribution in [0.5, 0.6) is 0 Å². The molecule has 0 radical (unpaired) electrons. The summed E-state index contributed by atoms with van der Waals surface area (Å²) in [5.41, 5.74) is 0. The first-order valence-corrected chi connectivity index (χ1v) is 2.37. The predicted octanol–water partition coefficient (Wildman–Crippen LogP) is 0.698. The maximum Gasteiger partial charge on any atom is 0.127 e. The quantitative estimate of drug-likeness (QED) is 0.495. The van der Waals surface area contributed by atoms with Crippen LogP contribution in [-0.2, 0) is 0 Å². The molecule has 1 heterocycles. The van der Waals surface area contributed by atoms with Gasteiger partial charge in [0.1, 0.15) is 11.8 Å². The van der Waals surface area contributed by atoms with Gasteiger partial charge in [0.2, 0.25) is 0 Å². The van der Waals surface area contributed by atoms with E-state index in [1.165, 1.54) is 0 Å². The van der Waals surface area contributed by atoms with E-state index in [9.17, 15) is 0 Å². The van der Waals surface area contributed by atoms with Crippen molar-refractivity contribution in [2.24, 2.45) is 4.99 Å². The number of nitrogens with one attached hydrogen (secondary N) is 1. The van der Waals surface area contributed by atoms with Crippen molar-refractivity contribution in [1.29, 1.82) is 0 Å². The summed E-state index contributed by atoms with van der Waals surface area (Å²) in [6.45, 7) is 0.606. The molecule has 1 rings (SSSR count). The van der Waals surface area contributed by atoms with E-state index in [-0.39, 0.29) is 0 Å². The lowest BCUT2D eigenvalue weighted by molar-refractivity contribution is 0.877. The van der Waals surface area contributed by atoms with Gasteiger partial charge in [-0.2, -0.15) is 0 Å². The molecule has 1 aliphatic rings. The fraction of sp³-hybridized carbons (Fsp3) is 0.250. The molecular weight excluding hydrogens is 112 g/mol. The maximum atomic E-state index is 5.44. The summed E-state index contributed by atoms with van der Waals surface area (Å²) in [5.74, 6) is 0. The zero-order valence-electron chi connectivity index (χ0n) is 3.69. The van der Waals surface area contributed by atoms with Crippen LogP contribution in [0.25, 0.3) is 0 Å². The minimum absolute atomic E-state index is 0.568. The van der Waals surface area contributed by atoms with Crippen LogP contribution in [0.15, 0.2) is 17.3 Å². The van der Waals surface area contributed by atoms with Crippen molar-refractivity contribution in [2.75, 3.05) is 6.67 Å². The third kappa shape index (κ3) is 1.20. The first kappa shape index (κ1) is 4.65. The lowest BCUT2D eigenvalue weighted by atomic mass is 10.6. The fourth-order valence-electron chi connectivity index (χ4n) is 0.354. The van der Waals surface area contributed by atoms with Crippen LogP contribution in [0.4, 0.5) is 0 Å². The Labute approximate surface area is 46.9 Å². The molecule has 0 unspecified atom stereocenters. The number of hydrogen-bond acceptors (Lipinski definition) is 2. The zero-order chi connectivity index (χ0) is 5.11. The van der Waals surface area contributed by atoms with Gasteiger partial charge in [0, 0.05) is 6.20 Å². The Morgan fingerprint density at radius 3 is 3.00 bits per heavy atom. The molecule has 0 spiro atoms. The van der Waals surface area contributed by atoms with Crippen molar-refractivity contribution in [3.8, 4) is 0 Å². The van der Waals surface area contributed by atoms with Gasteiger partial charge in [-0.1, -0.05) is 11.6 Å². The molecule has 0 aromatic rings. The van der Waals surface area contributed by atoms with Gasteiger partial charge in [-0.15, -0.1) is 0 Å². The molecule has 1 N–H and O–H groups in total. The van der Waals surface area contributed by atoms with E-state index < -0.39 is 0 Å². The van der Waals surface area contributed by atoms with E-state index in [4.69, 9.17) is 11.6 Å². The minimum atomic E-state index is 0.568. The van der Waals surface area contributed by atoms with Gasteiger partial charge in [-0.25, -0.2) is 0 Å². The third-order valence-electron chi connectivity index (χ3n) is 0.660. The van der Waals surface area contributed by atoms with Crippen LogP contribution >= 0.6 is 11.6 Å². The highest BCUT2D eigenvalue weighted by Gasteiger charge is 1.87. The lowest BCUT2D eigenvalue weighted by Gasteiger charge is -1.98. The molecule has 7 heavy (non-hydrogen) atoms. The van der Waals surface area contributed by atoms with Crippen molar-refractivity contribution in [3.63, 3.8) is 0 Å². The van der Waals surface area contributed by atoms with Gasteiger partial charge in [0.25, 0.3) is 0 Å². The van der Waals surface area contributed by atoms with Crippen LogP contribution in [0.3, 0.4) is 0 Å². The first-order valence-electron chi connectivity index (χ1n) is 1.99. The van der Waals surface area contributed by atoms with Gasteiger partial charge in [0.05, 0.1) is 0 Å². The largest absolute Gasteiger partial charge is 0.372 e. The highest BCUT2D eigenvalue weighted by molar-refractivity contribution is 6.68. The van der Waals surface area contributed by atoms with E-state index in [1.54, 1.807) is 12.3 Å². The smallest absolute Gasteiger partial charge is 0.127 e. The van der Waals surface area contributed by atoms with Crippen LogP contribution in [0.2, 0.25) is 0 Å². The Balaban J connectivity index is 2.58. The minimum Gasteiger partial charge on any atom is -0.372 e. The summed E-state index contributed by atoms with van der Waals surface area (Å²) in [5, 5.41) is 3.43. The maximum absolute atomic E-state index is 5.44. The van der Waals surface area contributed by atoms with Crippen molar-refractivity contribution in [1.82, 2.24) is 5.32 Å². The summed E-state index contributed by atoms with van der Waals surface area (Å²) in [4.78, 5) is 3.81. The second-order valence-electron chi connectivity index (χ2n) is 1.18. The molecule has 0 aromatic heterocycles. The van der Waals surface area contributed by atoms with Crippen LogP contribution in [0, 0.1) is 0 Å². The zero-order valence-corrected chi connectivity index (χ0v) is 4.44. The highest BCUT2D eigenvalue weighted by Crippen LogP contribution is 1.90. The number of hydrogen-bond donors (Lipinski definition) is 1. The number of allylic oxidation sites excluding steroid dienone is 1. The molecule has 0 fully saturated rings. The average Bonchev–Trinajstić information content (AvgIpc) is 1.69. The van der Waals surface area contributed by atoms with Crippen LogP contribution in [0.1, 0.15) is 0 Å². The highest BCUT2D eigenvalue weighted by atomic mass is 35.5. The molecule has 38 valence electrons. The lowest BCUT2D eigenvalue weighted by Crippen LogP contribution is -2.09. The molecule has 2 nitrogen and oxygen atoms in total. The van der Waals surface area contributed by atoms with Gasteiger partial charge in [0.15, 0.2) is 0 Å². The molecule has 0 atom stereocenters. The SMILES string of the molecule is ClC1=NCNC=C1. The Hall–Kier alpha value is -0.500. The first-order chi connectivity index (χ1) is 3.39. The Morgan fingerprint density at radius 1 is 1.86 bits per heavy atom. The van der Waals surface area contributed by atoms with E-state index in [0.29, 0.717) is 11.8 Å². The number of aliphatic imine (C=N–C) groups is 1. The molecule has 0 saturated carbocycles. The fourth-order valence-corrected chi connectivity index (χ4v) is 0.477. The topological polar surface area (TPSA) is 24.4 Å². The molecule has 3 heteroatoms. The molecular formula is C4H5ClN2. The summed E-state index contributed by atoms with van der Waals surface area (Å²) in [7, 11) is 0. The average molecular weight is 117 g/mol. The van der Waals surface area contributed by atoms with E-state index in [2.05, 4.69) is 10.3 Å². The Bertz CT molecular complexity index is 117. The van der Waals surface area contributed by atoms with Crippen molar-refractivity contribution in [2.45, 2.75) is 0 Å². The molecule has 0 aliphatic carbocycles. The molecule has 0 aromatic carbocycles. The second kappa shape index (κ2) is 1.98. The van der Waals surface area contributed by atoms with Crippen molar-refractivity contribution >= 4 is 16.8 Å². The van der Waals surface area contributed by atoms with E-state index in [0.717, 1.165) is 0 Å². The normalized spacial score (nSPS) is 18.1. The van der Waals surface area contributed by atoms with Crippen LogP contribution in [-0.4, -0.2) is 11.8 Å². The molecule has 0 saturated heterocycles. The molecule has 1 aliphatic heterocycles. The number of halogens is 1. The predicted molar refractivity (Wildman–Crippen MR) is 30.4 cm³/mol. The van der Waals surface area contributed by atoms with Crippen LogP contribution < -0.4 is 5.32 Å². The van der Waals surface area contributed by atoms with Crippen molar-refractivity contribution in [3.05, 3.63) is 12.3 Å². The second-order valence-corrected chi connectivity index (χ2v) is 1.56. The third-order valence-corrected chi connectivity index (χ3v) is 0.906.